The van der Waals surface area contributed by atoms with Gasteiger partial charge in [0.15, 0.2) is 6.10 Å². The summed E-state index contributed by atoms with van der Waals surface area (Å²) < 4.78 is 33.3. The minimum atomic E-state index is -4.39. The summed E-state index contributed by atoms with van der Waals surface area (Å²) in [5.41, 5.74) is 5.42. The summed E-state index contributed by atoms with van der Waals surface area (Å²) in [5, 5.41) is 0. The Hall–Kier alpha value is -2.03. The van der Waals surface area contributed by atoms with Crippen molar-refractivity contribution < 1.29 is 37.6 Å². The number of unbranched alkanes of at least 4 members (excludes halogenated alkanes) is 56. The Balaban J connectivity index is 3.72. The largest absolute Gasteiger partial charge is 0.472 e. The van der Waals surface area contributed by atoms with E-state index in [0.717, 1.165) is 57.8 Å². The minimum absolute atomic E-state index is 0.0570. The van der Waals surface area contributed by atoms with Crippen molar-refractivity contribution >= 4 is 19.8 Å². The highest BCUT2D eigenvalue weighted by Crippen LogP contribution is 2.43. The molecule has 0 saturated heterocycles. The molecule has 0 aliphatic rings. The van der Waals surface area contributed by atoms with Crippen LogP contribution < -0.4 is 5.73 Å². The highest BCUT2D eigenvalue weighted by molar-refractivity contribution is 7.47. The predicted octanol–water partition coefficient (Wildman–Crippen LogP) is 26.8. The maximum atomic E-state index is 12.8. The van der Waals surface area contributed by atoms with Gasteiger partial charge in [0.2, 0.25) is 0 Å². The molecule has 0 heterocycles. The molecule has 0 rings (SSSR count). The average Bonchev–Trinajstić information content (AvgIpc) is 3.74. The number of esters is 2. The van der Waals surface area contributed by atoms with E-state index < -0.39 is 26.5 Å². The van der Waals surface area contributed by atoms with E-state index in [9.17, 15) is 19.0 Å². The Morgan fingerprint density at radius 1 is 0.341 bits per heavy atom. The number of rotatable bonds is 77. The standard InChI is InChI=1S/C81H154NO8P/c1-3-5-7-9-11-13-15-17-19-21-23-25-27-29-31-33-34-35-36-37-38-39-40-41-42-43-44-46-48-50-52-54-56-58-60-62-64-66-68-70-72-74-81(84)90-79(78-89-91(85,86)88-76-75-82)77-87-80(83)73-71-69-67-65-63-61-59-57-55-53-51-49-47-45-32-30-28-26-24-22-20-18-16-14-12-10-8-6-4-2/h5,7,11,13,17,19,23,25,79H,3-4,6,8-10,12,14-16,18,20-22,24,26-78,82H2,1-2H3,(H,85,86)/b7-5-,13-11-,19-17-,25-23-. The second-order valence-electron chi connectivity index (χ2n) is 27.3. The van der Waals surface area contributed by atoms with Crippen molar-refractivity contribution in [3.63, 3.8) is 0 Å². The molecule has 0 aromatic carbocycles. The molecule has 0 aliphatic heterocycles. The van der Waals surface area contributed by atoms with Crippen LogP contribution in [0.1, 0.15) is 425 Å². The first-order chi connectivity index (χ1) is 44.8. The fourth-order valence-corrected chi connectivity index (χ4v) is 13.1. The maximum absolute atomic E-state index is 12.8. The number of hydrogen-bond acceptors (Lipinski definition) is 8. The van der Waals surface area contributed by atoms with E-state index in [4.69, 9.17) is 24.3 Å². The Morgan fingerprint density at radius 3 is 0.901 bits per heavy atom. The summed E-state index contributed by atoms with van der Waals surface area (Å²) in [4.78, 5) is 35.4. The van der Waals surface area contributed by atoms with Gasteiger partial charge in [-0.25, -0.2) is 4.57 Å². The monoisotopic (exact) mass is 1300 g/mol. The number of hydrogen-bond donors (Lipinski definition) is 2. The highest BCUT2D eigenvalue weighted by atomic mass is 31.2. The predicted molar refractivity (Wildman–Crippen MR) is 395 cm³/mol. The van der Waals surface area contributed by atoms with E-state index >= 15 is 0 Å². The molecule has 0 amide bonds. The molecular weight excluding hydrogens is 1150 g/mol. The average molecular weight is 1300 g/mol. The van der Waals surface area contributed by atoms with Crippen LogP contribution in [0.3, 0.4) is 0 Å². The fourth-order valence-electron chi connectivity index (χ4n) is 12.3. The van der Waals surface area contributed by atoms with Gasteiger partial charge in [0.1, 0.15) is 6.61 Å². The molecule has 10 heteroatoms. The molecule has 0 aromatic heterocycles. The SMILES string of the molecule is CC/C=C\C/C=C\C/C=C\C/C=C\CCCCCCCCCCCCCCCCCCCCCCCCCCCCCCC(=O)OC(COC(=O)CCCCCCCCCCCCCCCCCCCCCCCCCCCCCCC)COP(=O)(O)OCCN. The molecule has 3 N–H and O–H groups in total. The minimum Gasteiger partial charge on any atom is -0.462 e. The highest BCUT2D eigenvalue weighted by Gasteiger charge is 2.26. The van der Waals surface area contributed by atoms with E-state index in [1.165, 1.54) is 334 Å². The van der Waals surface area contributed by atoms with Crippen molar-refractivity contribution in [1.82, 2.24) is 0 Å². The lowest BCUT2D eigenvalue weighted by molar-refractivity contribution is -0.161. The summed E-state index contributed by atoms with van der Waals surface area (Å²) in [6, 6.07) is 0. The molecule has 0 aliphatic carbocycles. The van der Waals surface area contributed by atoms with Crippen LogP contribution in [0, 0.1) is 0 Å². The zero-order valence-electron chi connectivity index (χ0n) is 60.6. The second-order valence-corrected chi connectivity index (χ2v) is 28.7. The molecule has 0 aromatic rings. The molecule has 0 saturated carbocycles. The number of allylic oxidation sites excluding steroid dienone is 8. The van der Waals surface area contributed by atoms with Crippen molar-refractivity contribution in [1.29, 1.82) is 0 Å². The number of nitrogens with two attached hydrogens (primary N) is 1. The van der Waals surface area contributed by atoms with Gasteiger partial charge in [0, 0.05) is 19.4 Å². The smallest absolute Gasteiger partial charge is 0.462 e. The van der Waals surface area contributed by atoms with Crippen LogP contribution in [0.5, 0.6) is 0 Å². The first-order valence-corrected chi connectivity index (χ1v) is 41.6. The summed E-state index contributed by atoms with van der Waals surface area (Å²) >= 11 is 0. The number of phosphoric acid groups is 1. The van der Waals surface area contributed by atoms with Gasteiger partial charge >= 0.3 is 19.8 Å². The van der Waals surface area contributed by atoms with Crippen molar-refractivity contribution in [2.24, 2.45) is 5.73 Å². The van der Waals surface area contributed by atoms with Crippen molar-refractivity contribution in [3.8, 4) is 0 Å². The Morgan fingerprint density at radius 2 is 0.604 bits per heavy atom. The lowest BCUT2D eigenvalue weighted by Gasteiger charge is -2.19. The summed E-state index contributed by atoms with van der Waals surface area (Å²) in [5.74, 6) is -0.799. The van der Waals surface area contributed by atoms with Crippen LogP contribution in [-0.2, 0) is 32.7 Å². The van der Waals surface area contributed by atoms with Gasteiger partial charge in [-0.15, -0.1) is 0 Å². The number of carbonyl (C=O) groups excluding carboxylic acids is 2. The molecular formula is C81H154NO8P. The van der Waals surface area contributed by atoms with E-state index in [-0.39, 0.29) is 38.6 Å². The molecule has 536 valence electrons. The Bertz CT molecular complexity index is 1630. The Labute approximate surface area is 566 Å². The zero-order chi connectivity index (χ0) is 65.8. The van der Waals surface area contributed by atoms with E-state index in [1.54, 1.807) is 0 Å². The van der Waals surface area contributed by atoms with Crippen LogP contribution >= 0.6 is 7.82 Å². The fraction of sp³-hybridized carbons (Fsp3) is 0.877. The van der Waals surface area contributed by atoms with Crippen molar-refractivity contribution in [2.75, 3.05) is 26.4 Å². The lowest BCUT2D eigenvalue weighted by atomic mass is 10.0. The first-order valence-electron chi connectivity index (χ1n) is 40.1. The van der Waals surface area contributed by atoms with Crippen LogP contribution in [0.15, 0.2) is 48.6 Å². The molecule has 2 atom stereocenters. The van der Waals surface area contributed by atoms with E-state index in [1.807, 2.05) is 0 Å². The lowest BCUT2D eigenvalue weighted by Crippen LogP contribution is -2.29. The molecule has 9 nitrogen and oxygen atoms in total. The normalized spacial score (nSPS) is 13.1. The van der Waals surface area contributed by atoms with E-state index in [2.05, 4.69) is 62.5 Å². The molecule has 0 bridgehead atoms. The molecule has 0 fully saturated rings. The Kier molecular flexibility index (Phi) is 75.3. The topological polar surface area (TPSA) is 134 Å². The third-order valence-electron chi connectivity index (χ3n) is 18.2. The second kappa shape index (κ2) is 77.0. The molecule has 0 radical (unpaired) electrons. The number of ether oxygens (including phenoxy) is 2. The van der Waals surface area contributed by atoms with Crippen LogP contribution in [0.25, 0.3) is 0 Å². The van der Waals surface area contributed by atoms with Gasteiger partial charge in [-0.1, -0.05) is 409 Å². The summed E-state index contributed by atoms with van der Waals surface area (Å²) in [7, 11) is -4.39. The third kappa shape index (κ3) is 76.9. The third-order valence-corrected chi connectivity index (χ3v) is 19.2. The van der Waals surface area contributed by atoms with Crippen LogP contribution in [0.2, 0.25) is 0 Å². The molecule has 2 unspecified atom stereocenters. The van der Waals surface area contributed by atoms with Crippen LogP contribution in [0.4, 0.5) is 0 Å². The quantitative estimate of drug-likeness (QED) is 0.0264. The number of carbonyl (C=O) groups is 2. The summed E-state index contributed by atoms with van der Waals surface area (Å²) in [6.07, 6.45) is 99.8. The van der Waals surface area contributed by atoms with Gasteiger partial charge in [-0.2, -0.15) is 0 Å². The van der Waals surface area contributed by atoms with Gasteiger partial charge in [-0.05, 0) is 51.4 Å². The van der Waals surface area contributed by atoms with Gasteiger partial charge in [-0.3, -0.25) is 18.6 Å². The zero-order valence-corrected chi connectivity index (χ0v) is 61.5. The molecule has 91 heavy (non-hydrogen) atoms. The number of phosphoric ester groups is 1. The van der Waals surface area contributed by atoms with Gasteiger partial charge in [0.25, 0.3) is 0 Å². The van der Waals surface area contributed by atoms with Gasteiger partial charge in [0.05, 0.1) is 13.2 Å². The van der Waals surface area contributed by atoms with Crippen molar-refractivity contribution in [3.05, 3.63) is 48.6 Å². The maximum Gasteiger partial charge on any atom is 0.472 e. The van der Waals surface area contributed by atoms with Crippen LogP contribution in [-0.4, -0.2) is 49.3 Å². The first kappa shape index (κ1) is 89.0. The molecule has 0 spiro atoms. The van der Waals surface area contributed by atoms with E-state index in [0.29, 0.717) is 6.42 Å². The van der Waals surface area contributed by atoms with Crippen molar-refractivity contribution in [2.45, 2.75) is 431 Å². The summed E-state index contributed by atoms with van der Waals surface area (Å²) in [6.45, 7) is 3.72. The van der Waals surface area contributed by atoms with Gasteiger partial charge < -0.3 is 20.1 Å².